The first-order valence-corrected chi connectivity index (χ1v) is 13.4. The highest BCUT2D eigenvalue weighted by Gasteiger charge is 2.40. The molecule has 1 aliphatic heterocycles. The molecule has 0 aliphatic carbocycles. The molecule has 1 aliphatic rings. The van der Waals surface area contributed by atoms with Crippen molar-refractivity contribution in [2.45, 2.75) is 63.6 Å². The molecule has 0 fully saturated rings. The fourth-order valence-corrected chi connectivity index (χ4v) is 5.80. The van der Waals surface area contributed by atoms with E-state index in [1.54, 1.807) is 31.4 Å². The molecular formula is C26H33N3O6S. The summed E-state index contributed by atoms with van der Waals surface area (Å²) in [7, 11) is -2.37. The van der Waals surface area contributed by atoms with Crippen molar-refractivity contribution in [3.05, 3.63) is 59.7 Å². The first kappa shape index (κ1) is 27.2. The van der Waals surface area contributed by atoms with Gasteiger partial charge in [-0.2, -0.15) is 0 Å². The Kier molecular flexibility index (Phi) is 8.73. The molecule has 0 aromatic heterocycles. The molecule has 1 atom stereocenters. The van der Waals surface area contributed by atoms with Crippen LogP contribution < -0.4 is 10.1 Å². The van der Waals surface area contributed by atoms with Crippen LogP contribution in [0.3, 0.4) is 0 Å². The van der Waals surface area contributed by atoms with Gasteiger partial charge < -0.3 is 15.0 Å². The molecule has 0 saturated heterocycles. The first-order chi connectivity index (χ1) is 17.1. The Labute approximate surface area is 212 Å². The number of nitrogens with one attached hydrogen (secondary N) is 1. The molecule has 2 aromatic carbocycles. The Morgan fingerprint density at radius 2 is 1.75 bits per heavy atom. The number of hydrogen-bond acceptors (Lipinski definition) is 6. The van der Waals surface area contributed by atoms with Crippen LogP contribution in [0.1, 0.15) is 56.0 Å². The molecule has 3 rings (SSSR count). The third-order valence-electron chi connectivity index (χ3n) is 5.99. The second kappa shape index (κ2) is 11.6. The maximum absolute atomic E-state index is 13.4. The fourth-order valence-electron chi connectivity index (χ4n) is 4.20. The SMILES string of the molecule is CC[C@H](C(=O)NC(C)C)N(Cc1ccc(OC)cc1)C(=O)CCCN1C(=O)c2ccccc2S1(=O)=O. The maximum atomic E-state index is 13.4. The van der Waals surface area contributed by atoms with Gasteiger partial charge in [0.15, 0.2) is 0 Å². The van der Waals surface area contributed by atoms with Crippen LogP contribution in [0.4, 0.5) is 0 Å². The minimum absolute atomic E-state index is 0.0149. The van der Waals surface area contributed by atoms with Crippen molar-refractivity contribution in [1.29, 1.82) is 0 Å². The summed E-state index contributed by atoms with van der Waals surface area (Å²) in [5.41, 5.74) is 0.967. The quantitative estimate of drug-likeness (QED) is 0.492. The van der Waals surface area contributed by atoms with Crippen LogP contribution >= 0.6 is 0 Å². The summed E-state index contributed by atoms with van der Waals surface area (Å²) < 4.78 is 31.6. The van der Waals surface area contributed by atoms with Gasteiger partial charge in [-0.25, -0.2) is 12.7 Å². The van der Waals surface area contributed by atoms with Crippen LogP contribution in [-0.4, -0.2) is 61.1 Å². The fraction of sp³-hybridized carbons (Fsp3) is 0.423. The van der Waals surface area contributed by atoms with Crippen molar-refractivity contribution in [2.24, 2.45) is 0 Å². The Morgan fingerprint density at radius 1 is 1.08 bits per heavy atom. The minimum Gasteiger partial charge on any atom is -0.497 e. The predicted octanol–water partition coefficient (Wildman–Crippen LogP) is 2.95. The number of carbonyl (C=O) groups excluding carboxylic acids is 3. The highest BCUT2D eigenvalue weighted by atomic mass is 32.2. The molecule has 36 heavy (non-hydrogen) atoms. The van der Waals surface area contributed by atoms with E-state index in [1.165, 1.54) is 17.0 Å². The number of fused-ring (bicyclic) bond motifs is 1. The lowest BCUT2D eigenvalue weighted by atomic mass is 10.1. The van der Waals surface area contributed by atoms with E-state index in [1.807, 2.05) is 32.9 Å². The summed E-state index contributed by atoms with van der Waals surface area (Å²) in [5, 5.41) is 2.88. The van der Waals surface area contributed by atoms with E-state index < -0.39 is 22.0 Å². The molecule has 3 amide bonds. The summed E-state index contributed by atoms with van der Waals surface area (Å²) in [5.74, 6) is -0.449. The largest absolute Gasteiger partial charge is 0.497 e. The van der Waals surface area contributed by atoms with Gasteiger partial charge in [-0.15, -0.1) is 0 Å². The van der Waals surface area contributed by atoms with E-state index in [2.05, 4.69) is 5.32 Å². The molecule has 0 saturated carbocycles. The number of amides is 3. The standard InChI is InChI=1S/C26H33N3O6S/c1-5-22(25(31)27-18(2)3)28(17-19-12-14-20(35-4)15-13-19)24(30)11-8-16-29-26(32)21-9-6-7-10-23(21)36(29,33)34/h6-7,9-10,12-15,18,22H,5,8,11,16-17H2,1-4H3,(H,27,31)/t22-/m1/s1. The Hall–Kier alpha value is -3.40. The van der Waals surface area contributed by atoms with Gasteiger partial charge >= 0.3 is 0 Å². The minimum atomic E-state index is -3.93. The number of methoxy groups -OCH3 is 1. The predicted molar refractivity (Wildman–Crippen MR) is 135 cm³/mol. The second-order valence-electron chi connectivity index (χ2n) is 8.94. The van der Waals surface area contributed by atoms with Crippen molar-refractivity contribution < 1.29 is 27.5 Å². The zero-order valence-corrected chi connectivity index (χ0v) is 21.9. The number of carbonyl (C=O) groups is 3. The topological polar surface area (TPSA) is 113 Å². The Balaban J connectivity index is 1.74. The van der Waals surface area contributed by atoms with Gasteiger partial charge in [-0.1, -0.05) is 31.2 Å². The summed E-state index contributed by atoms with van der Waals surface area (Å²) in [6.07, 6.45) is 0.533. The summed E-state index contributed by atoms with van der Waals surface area (Å²) in [6.45, 7) is 5.63. The molecule has 1 heterocycles. The van der Waals surface area contributed by atoms with Gasteiger partial charge in [0.1, 0.15) is 16.7 Å². The van der Waals surface area contributed by atoms with Gasteiger partial charge in [-0.3, -0.25) is 14.4 Å². The maximum Gasteiger partial charge on any atom is 0.269 e. The monoisotopic (exact) mass is 515 g/mol. The molecule has 0 spiro atoms. The number of ether oxygens (including phenoxy) is 1. The van der Waals surface area contributed by atoms with E-state index in [9.17, 15) is 22.8 Å². The zero-order chi connectivity index (χ0) is 26.5. The number of rotatable bonds is 11. The van der Waals surface area contributed by atoms with Crippen molar-refractivity contribution in [1.82, 2.24) is 14.5 Å². The average molecular weight is 516 g/mol. The number of sulfonamides is 1. The van der Waals surface area contributed by atoms with Crippen molar-refractivity contribution in [3.8, 4) is 5.75 Å². The molecule has 9 nitrogen and oxygen atoms in total. The number of hydrogen-bond donors (Lipinski definition) is 1. The van der Waals surface area contributed by atoms with E-state index in [0.29, 0.717) is 12.2 Å². The molecule has 0 bridgehead atoms. The first-order valence-electron chi connectivity index (χ1n) is 12.0. The Bertz CT molecular complexity index is 1210. The van der Waals surface area contributed by atoms with Crippen LogP contribution in [0.15, 0.2) is 53.4 Å². The molecular weight excluding hydrogens is 482 g/mol. The molecule has 194 valence electrons. The third kappa shape index (κ3) is 5.87. The molecule has 2 aromatic rings. The van der Waals surface area contributed by atoms with Crippen LogP contribution in [0.2, 0.25) is 0 Å². The summed E-state index contributed by atoms with van der Waals surface area (Å²) in [6, 6.07) is 12.5. The van der Waals surface area contributed by atoms with E-state index in [4.69, 9.17) is 4.74 Å². The van der Waals surface area contributed by atoms with Gasteiger partial charge in [-0.05, 0) is 56.5 Å². The van der Waals surface area contributed by atoms with E-state index >= 15 is 0 Å². The number of benzene rings is 2. The lowest BCUT2D eigenvalue weighted by Gasteiger charge is -2.31. The third-order valence-corrected chi connectivity index (χ3v) is 7.83. The summed E-state index contributed by atoms with van der Waals surface area (Å²) >= 11 is 0. The summed E-state index contributed by atoms with van der Waals surface area (Å²) in [4.78, 5) is 40.4. The van der Waals surface area contributed by atoms with Gasteiger partial charge in [0.2, 0.25) is 11.8 Å². The lowest BCUT2D eigenvalue weighted by molar-refractivity contribution is -0.141. The molecule has 0 unspecified atom stereocenters. The smallest absolute Gasteiger partial charge is 0.269 e. The van der Waals surface area contributed by atoms with E-state index in [-0.39, 0.29) is 54.2 Å². The van der Waals surface area contributed by atoms with Crippen molar-refractivity contribution in [2.75, 3.05) is 13.7 Å². The van der Waals surface area contributed by atoms with Crippen LogP contribution in [0.5, 0.6) is 5.75 Å². The van der Waals surface area contributed by atoms with Gasteiger partial charge in [0.25, 0.3) is 15.9 Å². The highest BCUT2D eigenvalue weighted by molar-refractivity contribution is 7.90. The normalized spacial score (nSPS) is 14.9. The number of nitrogens with zero attached hydrogens (tertiary/aromatic N) is 2. The van der Waals surface area contributed by atoms with E-state index in [0.717, 1.165) is 9.87 Å². The van der Waals surface area contributed by atoms with Crippen molar-refractivity contribution in [3.63, 3.8) is 0 Å². The van der Waals surface area contributed by atoms with Crippen molar-refractivity contribution >= 4 is 27.7 Å². The zero-order valence-electron chi connectivity index (χ0n) is 21.1. The molecule has 0 radical (unpaired) electrons. The van der Waals surface area contributed by atoms with Crippen LogP contribution in [0.25, 0.3) is 0 Å². The van der Waals surface area contributed by atoms with Crippen LogP contribution in [0, 0.1) is 0 Å². The van der Waals surface area contributed by atoms with Gasteiger partial charge in [0, 0.05) is 25.6 Å². The second-order valence-corrected chi connectivity index (χ2v) is 10.8. The lowest BCUT2D eigenvalue weighted by Crippen LogP contribution is -2.50. The molecule has 1 N–H and O–H groups in total. The van der Waals surface area contributed by atoms with Crippen LogP contribution in [-0.2, 0) is 26.2 Å². The van der Waals surface area contributed by atoms with Gasteiger partial charge in [0.05, 0.1) is 12.7 Å². The Morgan fingerprint density at radius 3 is 2.33 bits per heavy atom. The molecule has 10 heteroatoms. The highest BCUT2D eigenvalue weighted by Crippen LogP contribution is 2.30. The average Bonchev–Trinajstić information content (AvgIpc) is 3.04.